The van der Waals surface area contributed by atoms with Gasteiger partial charge in [-0.05, 0) is 6.07 Å². The van der Waals surface area contributed by atoms with E-state index in [0.29, 0.717) is 5.39 Å². The lowest BCUT2D eigenvalue weighted by molar-refractivity contribution is -0.153. The van der Waals surface area contributed by atoms with Crippen molar-refractivity contribution in [3.8, 4) is 0 Å². The van der Waals surface area contributed by atoms with Crippen molar-refractivity contribution in [3.63, 3.8) is 0 Å². The second-order valence-electron chi connectivity index (χ2n) is 4.76. The summed E-state index contributed by atoms with van der Waals surface area (Å²) in [6.45, 7) is -0.0718. The summed E-state index contributed by atoms with van der Waals surface area (Å²) in [7, 11) is -3.84. The van der Waals surface area contributed by atoms with Gasteiger partial charge in [-0.1, -0.05) is 29.8 Å². The molecule has 0 radical (unpaired) electrons. The number of hydrogen-bond acceptors (Lipinski definition) is 5. The van der Waals surface area contributed by atoms with Gasteiger partial charge in [0.1, 0.15) is 0 Å². The number of nitrogens with zero attached hydrogens (tertiary/aromatic N) is 1. The lowest BCUT2D eigenvalue weighted by Gasteiger charge is -2.29. The highest BCUT2D eigenvalue weighted by Crippen LogP contribution is 2.39. The summed E-state index contributed by atoms with van der Waals surface area (Å²) in [5.41, 5.74) is 0. The number of benzene rings is 1. The Bertz CT molecular complexity index is 832. The van der Waals surface area contributed by atoms with Gasteiger partial charge in [-0.25, -0.2) is 13.2 Å². The van der Waals surface area contributed by atoms with E-state index in [0.717, 1.165) is 20.3 Å². The van der Waals surface area contributed by atoms with Crippen molar-refractivity contribution in [2.75, 3.05) is 19.7 Å². The molecule has 22 heavy (non-hydrogen) atoms. The van der Waals surface area contributed by atoms with Crippen LogP contribution in [0.3, 0.4) is 0 Å². The van der Waals surface area contributed by atoms with E-state index in [1.807, 2.05) is 0 Å². The molecule has 1 aromatic heterocycles. The van der Waals surface area contributed by atoms with Gasteiger partial charge < -0.3 is 9.84 Å². The van der Waals surface area contributed by atoms with Crippen LogP contribution in [0.15, 0.2) is 28.5 Å². The first kappa shape index (κ1) is 15.7. The molecule has 1 aliphatic rings. The summed E-state index contributed by atoms with van der Waals surface area (Å²) in [5, 5.41) is 9.85. The zero-order valence-electron chi connectivity index (χ0n) is 11.2. The highest BCUT2D eigenvalue weighted by atomic mass is 35.5. The van der Waals surface area contributed by atoms with Gasteiger partial charge in [-0.3, -0.25) is 0 Å². The number of carboxylic acids is 1. The average Bonchev–Trinajstić information content (AvgIpc) is 2.86. The molecule has 1 atom stereocenters. The maximum atomic E-state index is 12.7. The first-order valence-corrected chi connectivity index (χ1v) is 9.06. The van der Waals surface area contributed by atoms with Gasteiger partial charge >= 0.3 is 5.97 Å². The van der Waals surface area contributed by atoms with E-state index in [9.17, 15) is 13.2 Å². The largest absolute Gasteiger partial charge is 0.479 e. The number of aliphatic carboxylic acids is 1. The van der Waals surface area contributed by atoms with E-state index < -0.39 is 22.1 Å². The molecule has 6 nitrogen and oxygen atoms in total. The van der Waals surface area contributed by atoms with Gasteiger partial charge in [-0.2, -0.15) is 4.31 Å². The normalized spacial score (nSPS) is 20.3. The summed E-state index contributed by atoms with van der Waals surface area (Å²) in [6.07, 6.45) is -1.16. The maximum absolute atomic E-state index is 12.7. The van der Waals surface area contributed by atoms with Gasteiger partial charge in [0.15, 0.2) is 10.3 Å². The van der Waals surface area contributed by atoms with Gasteiger partial charge in [0.2, 0.25) is 0 Å². The third-order valence-electron chi connectivity index (χ3n) is 3.38. The minimum atomic E-state index is -3.84. The molecule has 1 fully saturated rings. The van der Waals surface area contributed by atoms with Crippen LogP contribution in [0.25, 0.3) is 10.1 Å². The third-order valence-corrected chi connectivity index (χ3v) is 7.53. The molecule has 1 aliphatic heterocycles. The first-order valence-electron chi connectivity index (χ1n) is 6.43. The predicted octanol–water partition coefficient (Wildman–Crippen LogP) is 2.03. The van der Waals surface area contributed by atoms with Gasteiger partial charge in [-0.15, -0.1) is 11.3 Å². The number of fused-ring (bicyclic) bond motifs is 1. The number of thiophene rings is 1. The molecule has 1 aromatic carbocycles. The van der Waals surface area contributed by atoms with Crippen molar-refractivity contribution in [2.45, 2.75) is 10.3 Å². The maximum Gasteiger partial charge on any atom is 0.334 e. The Balaban J connectivity index is 2.01. The summed E-state index contributed by atoms with van der Waals surface area (Å²) >= 11 is 7.30. The van der Waals surface area contributed by atoms with Crippen LogP contribution in [0.2, 0.25) is 5.02 Å². The number of sulfonamides is 1. The molecule has 1 saturated heterocycles. The second-order valence-corrected chi connectivity index (χ2v) is 8.32. The molecule has 3 rings (SSSR count). The quantitative estimate of drug-likeness (QED) is 0.904. The van der Waals surface area contributed by atoms with Crippen LogP contribution in [0.1, 0.15) is 0 Å². The fraction of sp³-hybridized carbons (Fsp3) is 0.308. The van der Waals surface area contributed by atoms with E-state index in [1.165, 1.54) is 0 Å². The van der Waals surface area contributed by atoms with Crippen LogP contribution in [-0.4, -0.2) is 49.6 Å². The summed E-state index contributed by atoms with van der Waals surface area (Å²) < 4.78 is 32.5. The molecule has 0 bridgehead atoms. The average molecular weight is 362 g/mol. The van der Waals surface area contributed by atoms with Crippen LogP contribution in [0, 0.1) is 0 Å². The molecular formula is C13H12ClNO5S2. The minimum absolute atomic E-state index is 0.0404. The molecule has 1 unspecified atom stereocenters. The number of ether oxygens (including phenoxy) is 1. The Morgan fingerprint density at radius 3 is 2.82 bits per heavy atom. The number of rotatable bonds is 3. The van der Waals surface area contributed by atoms with Crippen LogP contribution in [0.5, 0.6) is 0 Å². The van der Waals surface area contributed by atoms with Crippen molar-refractivity contribution in [1.29, 1.82) is 0 Å². The number of morpholine rings is 1. The molecule has 118 valence electrons. The van der Waals surface area contributed by atoms with E-state index in [1.54, 1.807) is 24.3 Å². The number of carbonyl (C=O) groups is 1. The van der Waals surface area contributed by atoms with Gasteiger partial charge in [0, 0.05) is 16.6 Å². The van der Waals surface area contributed by atoms with E-state index in [-0.39, 0.29) is 28.9 Å². The van der Waals surface area contributed by atoms with Crippen molar-refractivity contribution in [3.05, 3.63) is 29.3 Å². The smallest absolute Gasteiger partial charge is 0.334 e. The number of halogens is 1. The Morgan fingerprint density at radius 2 is 2.14 bits per heavy atom. The SMILES string of the molecule is O=C(O)C1CN(S(=O)(=O)c2sc3ccccc3c2Cl)CCO1. The molecule has 1 N–H and O–H groups in total. The van der Waals surface area contributed by atoms with Crippen LogP contribution >= 0.6 is 22.9 Å². The Morgan fingerprint density at radius 1 is 1.41 bits per heavy atom. The summed E-state index contributed by atoms with van der Waals surface area (Å²) in [5.74, 6) is -1.18. The lowest BCUT2D eigenvalue weighted by Crippen LogP contribution is -2.48. The van der Waals surface area contributed by atoms with Crippen LogP contribution < -0.4 is 0 Å². The fourth-order valence-electron chi connectivity index (χ4n) is 2.27. The van der Waals surface area contributed by atoms with Gasteiger partial charge in [0.05, 0.1) is 18.2 Å². The van der Waals surface area contributed by atoms with E-state index in [4.69, 9.17) is 21.4 Å². The Labute approximate surface area is 135 Å². The lowest BCUT2D eigenvalue weighted by atomic mass is 10.3. The standard InChI is InChI=1S/C13H12ClNO5S2/c14-11-8-3-1-2-4-10(8)21-13(11)22(18,19)15-5-6-20-9(7-15)12(16)17/h1-4,9H,5-7H2,(H,16,17). The Hall–Kier alpha value is -1.19. The van der Waals surface area contributed by atoms with Crippen molar-refractivity contribution in [1.82, 2.24) is 4.31 Å². The number of hydrogen-bond donors (Lipinski definition) is 1. The molecule has 0 aliphatic carbocycles. The zero-order valence-corrected chi connectivity index (χ0v) is 13.6. The monoisotopic (exact) mass is 361 g/mol. The molecule has 2 heterocycles. The fourth-order valence-corrected chi connectivity index (χ4v) is 5.95. The van der Waals surface area contributed by atoms with E-state index >= 15 is 0 Å². The molecule has 0 spiro atoms. The molecule has 2 aromatic rings. The number of carboxylic acid groups (broad SMARTS) is 1. The molecule has 0 amide bonds. The molecular weight excluding hydrogens is 350 g/mol. The predicted molar refractivity (Wildman–Crippen MR) is 83.0 cm³/mol. The zero-order chi connectivity index (χ0) is 15.9. The third kappa shape index (κ3) is 2.61. The summed E-state index contributed by atoms with van der Waals surface area (Å²) in [6, 6.07) is 7.14. The topological polar surface area (TPSA) is 83.9 Å². The highest BCUT2D eigenvalue weighted by Gasteiger charge is 2.36. The molecule has 0 saturated carbocycles. The van der Waals surface area contributed by atoms with Crippen LogP contribution in [0.4, 0.5) is 0 Å². The second kappa shape index (κ2) is 5.78. The van der Waals surface area contributed by atoms with Crippen LogP contribution in [-0.2, 0) is 19.6 Å². The van der Waals surface area contributed by atoms with Crippen molar-refractivity contribution >= 4 is 49.0 Å². The Kier molecular flexibility index (Phi) is 4.13. The van der Waals surface area contributed by atoms with Crippen molar-refractivity contribution < 1.29 is 23.1 Å². The van der Waals surface area contributed by atoms with Crippen molar-refractivity contribution in [2.24, 2.45) is 0 Å². The summed E-state index contributed by atoms with van der Waals surface area (Å²) in [4.78, 5) is 11.0. The minimum Gasteiger partial charge on any atom is -0.479 e. The first-order chi connectivity index (χ1) is 10.4. The van der Waals surface area contributed by atoms with Gasteiger partial charge in [0.25, 0.3) is 10.0 Å². The van der Waals surface area contributed by atoms with E-state index in [2.05, 4.69) is 0 Å². The highest BCUT2D eigenvalue weighted by molar-refractivity contribution is 7.91. The molecule has 9 heteroatoms.